The molecule has 0 atom stereocenters. The first kappa shape index (κ1) is 11.7. The Morgan fingerprint density at radius 1 is 1.00 bits per heavy atom. The van der Waals surface area contributed by atoms with Crippen molar-refractivity contribution in [1.82, 2.24) is 5.32 Å². The van der Waals surface area contributed by atoms with E-state index in [4.69, 9.17) is 9.15 Å². The van der Waals surface area contributed by atoms with E-state index in [9.17, 15) is 0 Å². The van der Waals surface area contributed by atoms with Gasteiger partial charge in [0, 0.05) is 19.5 Å². The van der Waals surface area contributed by atoms with Gasteiger partial charge in [-0.2, -0.15) is 0 Å². The van der Waals surface area contributed by atoms with Crippen LogP contribution in [0.3, 0.4) is 0 Å². The fourth-order valence-corrected chi connectivity index (χ4v) is 1.55. The molecule has 17 heavy (non-hydrogen) atoms. The average Bonchev–Trinajstić information content (AvgIpc) is 2.88. The van der Waals surface area contributed by atoms with Gasteiger partial charge in [0.15, 0.2) is 0 Å². The van der Waals surface area contributed by atoms with E-state index in [0.717, 1.165) is 31.0 Å². The van der Waals surface area contributed by atoms with Gasteiger partial charge in [-0.05, 0) is 24.3 Å². The van der Waals surface area contributed by atoms with Crippen molar-refractivity contribution in [3.8, 4) is 5.75 Å². The Labute approximate surface area is 101 Å². The molecule has 0 saturated carbocycles. The number of para-hydroxylation sites is 1. The highest BCUT2D eigenvalue weighted by Gasteiger charge is 1.95. The first-order valence-corrected chi connectivity index (χ1v) is 5.86. The zero-order valence-electron chi connectivity index (χ0n) is 9.76. The van der Waals surface area contributed by atoms with Crippen LogP contribution in [0.25, 0.3) is 0 Å². The van der Waals surface area contributed by atoms with Gasteiger partial charge in [-0.1, -0.05) is 18.2 Å². The summed E-state index contributed by atoms with van der Waals surface area (Å²) in [6.45, 7) is 2.43. The Bertz CT molecular complexity index is 397. The number of ether oxygens (including phenoxy) is 1. The molecule has 0 spiro atoms. The van der Waals surface area contributed by atoms with E-state index in [0.29, 0.717) is 6.61 Å². The van der Waals surface area contributed by atoms with Crippen LogP contribution in [0, 0.1) is 0 Å². The molecule has 0 aliphatic rings. The first-order valence-electron chi connectivity index (χ1n) is 5.86. The van der Waals surface area contributed by atoms with Crippen LogP contribution >= 0.6 is 0 Å². The van der Waals surface area contributed by atoms with Gasteiger partial charge in [-0.25, -0.2) is 0 Å². The van der Waals surface area contributed by atoms with Crippen LogP contribution < -0.4 is 10.1 Å². The van der Waals surface area contributed by atoms with Crippen LogP contribution in [0.4, 0.5) is 0 Å². The average molecular weight is 231 g/mol. The number of nitrogens with one attached hydrogen (secondary N) is 1. The van der Waals surface area contributed by atoms with Crippen molar-refractivity contribution in [3.05, 3.63) is 54.5 Å². The molecule has 3 nitrogen and oxygen atoms in total. The summed E-state index contributed by atoms with van der Waals surface area (Å²) in [6, 6.07) is 13.7. The van der Waals surface area contributed by atoms with Gasteiger partial charge in [0.25, 0.3) is 0 Å². The maximum Gasteiger partial charge on any atom is 0.119 e. The summed E-state index contributed by atoms with van der Waals surface area (Å²) in [5.74, 6) is 1.93. The van der Waals surface area contributed by atoms with E-state index >= 15 is 0 Å². The van der Waals surface area contributed by atoms with E-state index in [2.05, 4.69) is 5.32 Å². The Hall–Kier alpha value is -1.74. The zero-order chi connectivity index (χ0) is 11.8. The summed E-state index contributed by atoms with van der Waals surface area (Å²) in [7, 11) is 0. The van der Waals surface area contributed by atoms with E-state index in [1.807, 2.05) is 42.5 Å². The van der Waals surface area contributed by atoms with Crippen molar-refractivity contribution in [2.24, 2.45) is 0 Å². The van der Waals surface area contributed by atoms with Crippen molar-refractivity contribution in [2.75, 3.05) is 19.7 Å². The maximum absolute atomic E-state index is 5.56. The monoisotopic (exact) mass is 231 g/mol. The molecule has 2 rings (SSSR count). The molecule has 0 fully saturated rings. The Balaban J connectivity index is 1.52. The molecule has 1 aromatic heterocycles. The molecular formula is C14H17NO2. The molecule has 1 heterocycles. The Morgan fingerprint density at radius 2 is 1.88 bits per heavy atom. The second kappa shape index (κ2) is 6.76. The standard InChI is InChI=1S/C14H17NO2/c1-2-5-13(6-3-1)17-12-10-15-9-8-14-7-4-11-16-14/h1-7,11,15H,8-10,12H2. The Kier molecular flexibility index (Phi) is 4.67. The second-order valence-corrected chi connectivity index (χ2v) is 3.74. The largest absolute Gasteiger partial charge is 0.492 e. The summed E-state index contributed by atoms with van der Waals surface area (Å²) in [5.41, 5.74) is 0. The molecule has 1 N–H and O–H groups in total. The second-order valence-electron chi connectivity index (χ2n) is 3.74. The topological polar surface area (TPSA) is 34.4 Å². The van der Waals surface area contributed by atoms with Gasteiger partial charge in [-0.3, -0.25) is 0 Å². The molecule has 0 amide bonds. The fourth-order valence-electron chi connectivity index (χ4n) is 1.55. The van der Waals surface area contributed by atoms with Crippen LogP contribution in [0.15, 0.2) is 53.1 Å². The first-order chi connectivity index (χ1) is 8.45. The smallest absolute Gasteiger partial charge is 0.119 e. The predicted octanol–water partition coefficient (Wildman–Crippen LogP) is 2.49. The van der Waals surface area contributed by atoms with Crippen molar-refractivity contribution in [2.45, 2.75) is 6.42 Å². The van der Waals surface area contributed by atoms with Crippen molar-refractivity contribution < 1.29 is 9.15 Å². The number of rotatable bonds is 7. The molecule has 0 radical (unpaired) electrons. The fraction of sp³-hybridized carbons (Fsp3) is 0.286. The lowest BCUT2D eigenvalue weighted by atomic mass is 10.3. The van der Waals surface area contributed by atoms with Crippen molar-refractivity contribution >= 4 is 0 Å². The number of furan rings is 1. The summed E-state index contributed by atoms with van der Waals surface area (Å²) in [6.07, 6.45) is 2.62. The minimum Gasteiger partial charge on any atom is -0.492 e. The molecule has 0 unspecified atom stereocenters. The van der Waals surface area contributed by atoms with Crippen LogP contribution in [0.1, 0.15) is 5.76 Å². The maximum atomic E-state index is 5.56. The summed E-state index contributed by atoms with van der Waals surface area (Å²) < 4.78 is 10.8. The van der Waals surface area contributed by atoms with Gasteiger partial charge in [0.2, 0.25) is 0 Å². The van der Waals surface area contributed by atoms with Crippen LogP contribution in [0.2, 0.25) is 0 Å². The third kappa shape index (κ3) is 4.33. The molecule has 0 aliphatic carbocycles. The van der Waals surface area contributed by atoms with Gasteiger partial charge >= 0.3 is 0 Å². The van der Waals surface area contributed by atoms with Crippen molar-refractivity contribution in [1.29, 1.82) is 0 Å². The molecule has 0 aliphatic heterocycles. The van der Waals surface area contributed by atoms with Crippen LogP contribution in [-0.2, 0) is 6.42 Å². The molecular weight excluding hydrogens is 214 g/mol. The lowest BCUT2D eigenvalue weighted by molar-refractivity contribution is 0.314. The van der Waals surface area contributed by atoms with E-state index in [-0.39, 0.29) is 0 Å². The lowest BCUT2D eigenvalue weighted by Gasteiger charge is -2.06. The minimum atomic E-state index is 0.683. The van der Waals surface area contributed by atoms with Gasteiger partial charge in [-0.15, -0.1) is 0 Å². The van der Waals surface area contributed by atoms with Gasteiger partial charge < -0.3 is 14.5 Å². The molecule has 3 heteroatoms. The third-order valence-corrected chi connectivity index (χ3v) is 2.42. The highest BCUT2D eigenvalue weighted by molar-refractivity contribution is 5.20. The summed E-state index contributed by atoms with van der Waals surface area (Å²) in [4.78, 5) is 0. The highest BCUT2D eigenvalue weighted by atomic mass is 16.5. The van der Waals surface area contributed by atoms with E-state index < -0.39 is 0 Å². The zero-order valence-corrected chi connectivity index (χ0v) is 9.76. The minimum absolute atomic E-state index is 0.683. The predicted molar refractivity (Wildman–Crippen MR) is 67.2 cm³/mol. The highest BCUT2D eigenvalue weighted by Crippen LogP contribution is 2.07. The molecule has 0 bridgehead atoms. The van der Waals surface area contributed by atoms with Crippen LogP contribution in [-0.4, -0.2) is 19.7 Å². The van der Waals surface area contributed by atoms with E-state index in [1.54, 1.807) is 6.26 Å². The summed E-state index contributed by atoms with van der Waals surface area (Å²) >= 11 is 0. The lowest BCUT2D eigenvalue weighted by Crippen LogP contribution is -2.23. The molecule has 90 valence electrons. The molecule has 1 aromatic carbocycles. The number of hydrogen-bond donors (Lipinski definition) is 1. The van der Waals surface area contributed by atoms with Gasteiger partial charge in [0.05, 0.1) is 6.26 Å². The third-order valence-electron chi connectivity index (χ3n) is 2.42. The van der Waals surface area contributed by atoms with Gasteiger partial charge in [0.1, 0.15) is 18.1 Å². The van der Waals surface area contributed by atoms with Crippen molar-refractivity contribution in [3.63, 3.8) is 0 Å². The van der Waals surface area contributed by atoms with Crippen LogP contribution in [0.5, 0.6) is 5.75 Å². The van der Waals surface area contributed by atoms with E-state index in [1.165, 1.54) is 0 Å². The SMILES string of the molecule is c1ccc(OCCNCCc2ccco2)cc1. The quantitative estimate of drug-likeness (QED) is 0.743. The normalized spacial score (nSPS) is 10.4. The molecule has 0 saturated heterocycles. The number of benzene rings is 1. The summed E-state index contributed by atoms with van der Waals surface area (Å²) in [5, 5.41) is 3.31. The molecule has 2 aromatic rings. The Morgan fingerprint density at radius 3 is 2.65 bits per heavy atom. The number of hydrogen-bond acceptors (Lipinski definition) is 3.